The van der Waals surface area contributed by atoms with E-state index in [4.69, 9.17) is 11.2 Å². The van der Waals surface area contributed by atoms with Gasteiger partial charge in [-0.15, -0.1) is 12.3 Å². The van der Waals surface area contributed by atoms with Crippen LogP contribution in [0.25, 0.3) is 0 Å². The Kier molecular flexibility index (Phi) is 5.03. The maximum absolute atomic E-state index is 11.5. The van der Waals surface area contributed by atoms with Gasteiger partial charge < -0.3 is 15.4 Å². The van der Waals surface area contributed by atoms with E-state index >= 15 is 0 Å². The van der Waals surface area contributed by atoms with E-state index < -0.39 is 5.60 Å². The van der Waals surface area contributed by atoms with E-state index in [1.807, 2.05) is 20.8 Å². The zero-order valence-corrected chi connectivity index (χ0v) is 11.7. The van der Waals surface area contributed by atoms with Gasteiger partial charge >= 0.3 is 6.09 Å². The molecule has 1 aliphatic rings. The summed E-state index contributed by atoms with van der Waals surface area (Å²) in [6.07, 6.45) is 7.54. The maximum atomic E-state index is 11.5. The SMILES string of the molecule is C#CCC(C)NC1CC(NC(=O)OC(C)(C)C)C1. The molecule has 1 unspecified atom stereocenters. The molecule has 0 aliphatic heterocycles. The molecule has 0 aromatic heterocycles. The Morgan fingerprint density at radius 1 is 1.44 bits per heavy atom. The number of amides is 1. The molecule has 4 nitrogen and oxygen atoms in total. The summed E-state index contributed by atoms with van der Waals surface area (Å²) in [5.74, 6) is 2.64. The third-order valence-corrected chi connectivity index (χ3v) is 2.80. The van der Waals surface area contributed by atoms with E-state index in [1.54, 1.807) is 0 Å². The molecule has 0 bridgehead atoms. The van der Waals surface area contributed by atoms with Crippen LogP contribution in [0.3, 0.4) is 0 Å². The molecule has 0 heterocycles. The molecule has 0 aromatic carbocycles. The van der Waals surface area contributed by atoms with Gasteiger partial charge in [0.05, 0.1) is 0 Å². The summed E-state index contributed by atoms with van der Waals surface area (Å²) in [4.78, 5) is 11.5. The van der Waals surface area contributed by atoms with Crippen molar-refractivity contribution in [2.45, 2.75) is 70.7 Å². The predicted molar refractivity (Wildman–Crippen MR) is 72.2 cm³/mol. The number of rotatable bonds is 4. The summed E-state index contributed by atoms with van der Waals surface area (Å²) < 4.78 is 5.20. The average molecular weight is 252 g/mol. The van der Waals surface area contributed by atoms with Crippen molar-refractivity contribution in [2.75, 3.05) is 0 Å². The van der Waals surface area contributed by atoms with Crippen molar-refractivity contribution in [1.82, 2.24) is 10.6 Å². The molecular weight excluding hydrogens is 228 g/mol. The minimum atomic E-state index is -0.438. The van der Waals surface area contributed by atoms with Crippen molar-refractivity contribution in [3.05, 3.63) is 0 Å². The first kappa shape index (κ1) is 14.8. The first-order valence-corrected chi connectivity index (χ1v) is 6.49. The molecule has 1 fully saturated rings. The second kappa shape index (κ2) is 6.10. The van der Waals surface area contributed by atoms with Gasteiger partial charge in [0.15, 0.2) is 0 Å². The summed E-state index contributed by atoms with van der Waals surface area (Å²) in [6, 6.07) is 1.01. The standard InChI is InChI=1S/C14H24N2O2/c1-6-7-10(2)15-11-8-12(9-11)16-13(17)18-14(3,4)5/h1,10-12,15H,7-9H2,2-5H3,(H,16,17). The molecule has 0 radical (unpaired) electrons. The lowest BCUT2D eigenvalue weighted by atomic mass is 9.86. The van der Waals surface area contributed by atoms with E-state index in [-0.39, 0.29) is 12.1 Å². The normalized spacial score (nSPS) is 24.6. The highest BCUT2D eigenvalue weighted by Crippen LogP contribution is 2.21. The van der Waals surface area contributed by atoms with Crippen LogP contribution in [0.5, 0.6) is 0 Å². The first-order valence-electron chi connectivity index (χ1n) is 6.49. The van der Waals surface area contributed by atoms with Crippen LogP contribution in [0.4, 0.5) is 4.79 Å². The first-order chi connectivity index (χ1) is 8.30. The van der Waals surface area contributed by atoms with Crippen LogP contribution >= 0.6 is 0 Å². The minimum Gasteiger partial charge on any atom is -0.444 e. The van der Waals surface area contributed by atoms with Gasteiger partial charge in [0, 0.05) is 24.5 Å². The summed E-state index contributed by atoms with van der Waals surface area (Å²) in [6.45, 7) is 7.66. The molecule has 1 amide bonds. The van der Waals surface area contributed by atoms with Crippen LogP contribution < -0.4 is 10.6 Å². The second-order valence-corrected chi connectivity index (χ2v) is 5.99. The van der Waals surface area contributed by atoms with Crippen LogP contribution in [0.1, 0.15) is 47.0 Å². The number of nitrogens with one attached hydrogen (secondary N) is 2. The lowest BCUT2D eigenvalue weighted by Crippen LogP contribution is -2.54. The zero-order chi connectivity index (χ0) is 13.8. The van der Waals surface area contributed by atoms with Gasteiger partial charge in [-0.05, 0) is 40.5 Å². The number of carbonyl (C=O) groups excluding carboxylic acids is 1. The fraction of sp³-hybridized carbons (Fsp3) is 0.786. The molecule has 102 valence electrons. The molecule has 4 heteroatoms. The van der Waals surface area contributed by atoms with Gasteiger partial charge in [-0.2, -0.15) is 0 Å². The van der Waals surface area contributed by atoms with Crippen molar-refractivity contribution in [1.29, 1.82) is 0 Å². The highest BCUT2D eigenvalue weighted by Gasteiger charge is 2.31. The highest BCUT2D eigenvalue weighted by atomic mass is 16.6. The lowest BCUT2D eigenvalue weighted by molar-refractivity contribution is 0.0463. The molecule has 1 aliphatic carbocycles. The number of hydrogen-bond acceptors (Lipinski definition) is 3. The molecule has 0 spiro atoms. The fourth-order valence-corrected chi connectivity index (χ4v) is 1.98. The van der Waals surface area contributed by atoms with Crippen molar-refractivity contribution in [2.24, 2.45) is 0 Å². The molecule has 18 heavy (non-hydrogen) atoms. The molecule has 2 N–H and O–H groups in total. The van der Waals surface area contributed by atoms with Crippen molar-refractivity contribution >= 4 is 6.09 Å². The Labute approximate surface area is 110 Å². The third kappa shape index (κ3) is 5.42. The Hall–Kier alpha value is -1.21. The minimum absolute atomic E-state index is 0.218. The van der Waals surface area contributed by atoms with Crippen molar-refractivity contribution in [3.63, 3.8) is 0 Å². The van der Waals surface area contributed by atoms with Crippen LogP contribution in [0, 0.1) is 12.3 Å². The van der Waals surface area contributed by atoms with Gasteiger partial charge in [-0.3, -0.25) is 0 Å². The zero-order valence-electron chi connectivity index (χ0n) is 11.7. The maximum Gasteiger partial charge on any atom is 0.407 e. The number of ether oxygens (including phenoxy) is 1. The van der Waals surface area contributed by atoms with Crippen molar-refractivity contribution in [3.8, 4) is 12.3 Å². The van der Waals surface area contributed by atoms with E-state index in [0.29, 0.717) is 12.1 Å². The molecule has 0 saturated heterocycles. The van der Waals surface area contributed by atoms with Crippen LogP contribution in [0.15, 0.2) is 0 Å². The highest BCUT2D eigenvalue weighted by molar-refractivity contribution is 5.68. The Morgan fingerprint density at radius 3 is 2.56 bits per heavy atom. The van der Waals surface area contributed by atoms with E-state index in [2.05, 4.69) is 23.5 Å². The number of carbonyl (C=O) groups is 1. The van der Waals surface area contributed by atoms with Gasteiger partial charge in [0.2, 0.25) is 0 Å². The smallest absolute Gasteiger partial charge is 0.407 e. The van der Waals surface area contributed by atoms with Gasteiger partial charge in [-0.25, -0.2) is 4.79 Å². The molecule has 1 atom stereocenters. The summed E-state index contributed by atoms with van der Waals surface area (Å²) in [5, 5.41) is 6.30. The number of alkyl carbamates (subject to hydrolysis) is 1. The van der Waals surface area contributed by atoms with Crippen LogP contribution in [0.2, 0.25) is 0 Å². The number of terminal acetylenes is 1. The quantitative estimate of drug-likeness (QED) is 0.753. The van der Waals surface area contributed by atoms with E-state index in [1.165, 1.54) is 0 Å². The fourth-order valence-electron chi connectivity index (χ4n) is 1.98. The third-order valence-electron chi connectivity index (χ3n) is 2.80. The second-order valence-electron chi connectivity index (χ2n) is 5.99. The van der Waals surface area contributed by atoms with E-state index in [9.17, 15) is 4.79 Å². The van der Waals surface area contributed by atoms with Crippen LogP contribution in [-0.2, 0) is 4.74 Å². The number of hydrogen-bond donors (Lipinski definition) is 2. The summed E-state index contributed by atoms with van der Waals surface area (Å²) in [5.41, 5.74) is -0.438. The monoisotopic (exact) mass is 252 g/mol. The Bertz CT molecular complexity index is 322. The summed E-state index contributed by atoms with van der Waals surface area (Å²) >= 11 is 0. The lowest BCUT2D eigenvalue weighted by Gasteiger charge is -2.38. The summed E-state index contributed by atoms with van der Waals surface area (Å²) in [7, 11) is 0. The van der Waals surface area contributed by atoms with Gasteiger partial charge in [0.1, 0.15) is 5.60 Å². The predicted octanol–water partition coefficient (Wildman–Crippen LogP) is 2.04. The topological polar surface area (TPSA) is 50.4 Å². The molecule has 1 rings (SSSR count). The van der Waals surface area contributed by atoms with Gasteiger partial charge in [-0.1, -0.05) is 0 Å². The van der Waals surface area contributed by atoms with Crippen molar-refractivity contribution < 1.29 is 9.53 Å². The molecule has 0 aromatic rings. The molecule has 1 saturated carbocycles. The van der Waals surface area contributed by atoms with Crippen LogP contribution in [-0.4, -0.2) is 29.8 Å². The Morgan fingerprint density at radius 2 is 2.06 bits per heavy atom. The van der Waals surface area contributed by atoms with Gasteiger partial charge in [0.25, 0.3) is 0 Å². The average Bonchev–Trinajstić information content (AvgIpc) is 2.11. The largest absolute Gasteiger partial charge is 0.444 e. The van der Waals surface area contributed by atoms with E-state index in [0.717, 1.165) is 19.3 Å². The molecular formula is C14H24N2O2. The Balaban J connectivity index is 2.16.